The minimum atomic E-state index is -3.97. The molecule has 2 aromatic carbocycles. The topological polar surface area (TPSA) is 78.8 Å². The van der Waals surface area contributed by atoms with Crippen LogP contribution in [0.1, 0.15) is 24.0 Å². The molecule has 4 rings (SSSR count). The van der Waals surface area contributed by atoms with E-state index in [1.807, 2.05) is 31.2 Å². The lowest BCUT2D eigenvalue weighted by atomic mass is 10.00. The van der Waals surface area contributed by atoms with Gasteiger partial charge in [-0.15, -0.1) is 0 Å². The lowest BCUT2D eigenvalue weighted by Gasteiger charge is -2.36. The number of nitrogens with zero attached hydrogens (tertiary/aromatic N) is 2. The van der Waals surface area contributed by atoms with Gasteiger partial charge in [-0.05, 0) is 25.1 Å². The molecule has 1 fully saturated rings. The van der Waals surface area contributed by atoms with Gasteiger partial charge >= 0.3 is 0 Å². The Labute approximate surface area is 167 Å². The van der Waals surface area contributed by atoms with Gasteiger partial charge in [-0.25, -0.2) is 17.2 Å². The van der Waals surface area contributed by atoms with Gasteiger partial charge in [0.15, 0.2) is 11.6 Å². The third-order valence-electron chi connectivity index (χ3n) is 5.29. The van der Waals surface area contributed by atoms with Gasteiger partial charge in [-0.1, -0.05) is 29.8 Å². The molecular formula is C20H19F2N3O3S. The largest absolute Gasteiger partial charge is 0.326 e. The van der Waals surface area contributed by atoms with E-state index in [2.05, 4.69) is 10.3 Å². The van der Waals surface area contributed by atoms with Crippen molar-refractivity contribution in [3.63, 3.8) is 0 Å². The zero-order valence-corrected chi connectivity index (χ0v) is 16.5. The number of sulfonamides is 1. The molecule has 2 aromatic rings. The van der Waals surface area contributed by atoms with Gasteiger partial charge in [-0.2, -0.15) is 4.31 Å². The van der Waals surface area contributed by atoms with Crippen LogP contribution in [0.2, 0.25) is 0 Å². The fourth-order valence-corrected chi connectivity index (χ4v) is 5.04. The maximum absolute atomic E-state index is 13.5. The summed E-state index contributed by atoms with van der Waals surface area (Å²) in [4.78, 5) is 16.8. The Bertz CT molecular complexity index is 1110. The van der Waals surface area contributed by atoms with Crippen LogP contribution in [0.15, 0.2) is 52.4 Å². The number of hydrogen-bond donors (Lipinski definition) is 1. The number of carbonyl (C=O) groups excluding carboxylic acids is 1. The number of carbonyl (C=O) groups is 1. The Hall–Kier alpha value is -2.65. The van der Waals surface area contributed by atoms with Crippen LogP contribution in [0.4, 0.5) is 8.78 Å². The third-order valence-corrected chi connectivity index (χ3v) is 7.19. The Balaban J connectivity index is 1.53. The molecule has 2 aliphatic rings. The number of amides is 1. The molecule has 0 bridgehead atoms. The number of halogens is 2. The van der Waals surface area contributed by atoms with E-state index < -0.39 is 27.3 Å². The van der Waals surface area contributed by atoms with Crippen molar-refractivity contribution in [1.29, 1.82) is 0 Å². The number of aliphatic imine (C=N–C) groups is 1. The summed E-state index contributed by atoms with van der Waals surface area (Å²) >= 11 is 0. The lowest BCUT2D eigenvalue weighted by Crippen LogP contribution is -2.52. The van der Waals surface area contributed by atoms with E-state index in [4.69, 9.17) is 0 Å². The van der Waals surface area contributed by atoms with E-state index in [0.717, 1.165) is 17.7 Å². The van der Waals surface area contributed by atoms with Crippen molar-refractivity contribution in [2.45, 2.75) is 30.3 Å². The summed E-state index contributed by atoms with van der Waals surface area (Å²) in [6.07, 6.45) is 0.577. The number of rotatable bonds is 3. The molecule has 6 nitrogen and oxygen atoms in total. The number of nitrogens with one attached hydrogen (secondary N) is 1. The highest BCUT2D eigenvalue weighted by atomic mass is 32.2. The first-order valence-electron chi connectivity index (χ1n) is 9.15. The quantitative estimate of drug-likeness (QED) is 0.830. The molecule has 0 radical (unpaired) electrons. The van der Waals surface area contributed by atoms with Crippen molar-refractivity contribution >= 4 is 21.6 Å². The van der Waals surface area contributed by atoms with Crippen molar-refractivity contribution in [2.24, 2.45) is 4.99 Å². The van der Waals surface area contributed by atoms with Gasteiger partial charge in [0.05, 0.1) is 4.90 Å². The molecule has 1 saturated heterocycles. The van der Waals surface area contributed by atoms with Crippen molar-refractivity contribution < 1.29 is 22.0 Å². The molecule has 29 heavy (non-hydrogen) atoms. The molecule has 2 heterocycles. The molecule has 1 N–H and O–H groups in total. The zero-order valence-electron chi connectivity index (χ0n) is 15.7. The van der Waals surface area contributed by atoms with Crippen LogP contribution in [-0.4, -0.2) is 43.1 Å². The van der Waals surface area contributed by atoms with Crippen molar-refractivity contribution in [3.05, 3.63) is 65.2 Å². The summed E-state index contributed by atoms with van der Waals surface area (Å²) in [5, 5.41) is 2.89. The highest BCUT2D eigenvalue weighted by molar-refractivity contribution is 7.89. The Kier molecular flexibility index (Phi) is 4.74. The number of benzene rings is 2. The molecule has 0 saturated carbocycles. The maximum atomic E-state index is 13.5. The van der Waals surface area contributed by atoms with E-state index in [0.29, 0.717) is 17.3 Å². The van der Waals surface area contributed by atoms with Crippen molar-refractivity contribution in [3.8, 4) is 0 Å². The first-order valence-corrected chi connectivity index (χ1v) is 10.6. The fourth-order valence-electron chi connectivity index (χ4n) is 3.59. The van der Waals surface area contributed by atoms with Gasteiger partial charge in [0.25, 0.3) is 5.91 Å². The predicted molar refractivity (Wildman–Crippen MR) is 103 cm³/mol. The molecule has 1 spiro atoms. The molecular weight excluding hydrogens is 400 g/mol. The normalized spacial score (nSPS) is 19.3. The molecule has 2 aliphatic heterocycles. The monoisotopic (exact) mass is 419 g/mol. The van der Waals surface area contributed by atoms with Crippen LogP contribution >= 0.6 is 0 Å². The van der Waals surface area contributed by atoms with Crippen LogP contribution < -0.4 is 5.32 Å². The van der Waals surface area contributed by atoms with Crippen LogP contribution in [0.3, 0.4) is 0 Å². The molecule has 0 aliphatic carbocycles. The second-order valence-corrected chi connectivity index (χ2v) is 9.23. The van der Waals surface area contributed by atoms with Gasteiger partial charge in [0, 0.05) is 31.5 Å². The Morgan fingerprint density at radius 1 is 1.03 bits per heavy atom. The summed E-state index contributed by atoms with van der Waals surface area (Å²) < 4.78 is 53.3. The van der Waals surface area contributed by atoms with Crippen molar-refractivity contribution in [2.75, 3.05) is 13.1 Å². The fraction of sp³-hybridized carbons (Fsp3) is 0.300. The predicted octanol–water partition coefficient (Wildman–Crippen LogP) is 2.37. The van der Waals surface area contributed by atoms with Gasteiger partial charge in [0.2, 0.25) is 10.0 Å². The van der Waals surface area contributed by atoms with Crippen LogP contribution in [0, 0.1) is 18.6 Å². The van der Waals surface area contributed by atoms with E-state index in [-0.39, 0.29) is 36.7 Å². The zero-order chi connectivity index (χ0) is 20.8. The second-order valence-electron chi connectivity index (χ2n) is 7.29. The highest BCUT2D eigenvalue weighted by Crippen LogP contribution is 2.31. The Morgan fingerprint density at radius 3 is 2.31 bits per heavy atom. The van der Waals surface area contributed by atoms with Crippen LogP contribution in [0.25, 0.3) is 0 Å². The standard InChI is InChI=1S/C20H19F2N3O3S/c1-13-2-4-14(5-3-13)18-19(26)24-20(23-18)8-10-25(11-9-20)29(27,28)15-6-7-16(21)17(22)12-15/h2-7,12H,8-11H2,1H3,(H,24,26). The number of aryl methyl sites for hydroxylation is 1. The summed E-state index contributed by atoms with van der Waals surface area (Å²) in [5.41, 5.74) is 1.26. The molecule has 0 aromatic heterocycles. The van der Waals surface area contributed by atoms with Crippen LogP contribution in [-0.2, 0) is 14.8 Å². The third kappa shape index (κ3) is 3.56. The van der Waals surface area contributed by atoms with Crippen LogP contribution in [0.5, 0.6) is 0 Å². The second kappa shape index (κ2) is 7.00. The minimum Gasteiger partial charge on any atom is -0.326 e. The Morgan fingerprint density at radius 2 is 1.69 bits per heavy atom. The molecule has 1 amide bonds. The molecule has 0 unspecified atom stereocenters. The maximum Gasteiger partial charge on any atom is 0.272 e. The van der Waals surface area contributed by atoms with E-state index in [1.165, 1.54) is 4.31 Å². The molecule has 152 valence electrons. The number of hydrogen-bond acceptors (Lipinski definition) is 4. The van der Waals surface area contributed by atoms with Gasteiger partial charge < -0.3 is 5.32 Å². The minimum absolute atomic E-state index is 0.103. The first-order chi connectivity index (χ1) is 13.7. The smallest absolute Gasteiger partial charge is 0.272 e. The summed E-state index contributed by atoms with van der Waals surface area (Å²) in [6, 6.07) is 9.97. The number of piperidine rings is 1. The molecule has 9 heteroatoms. The average molecular weight is 419 g/mol. The first kappa shape index (κ1) is 19.7. The summed E-state index contributed by atoms with van der Waals surface area (Å²) in [6.45, 7) is 2.16. The lowest BCUT2D eigenvalue weighted by molar-refractivity contribution is -0.115. The average Bonchev–Trinajstić information content (AvgIpc) is 3.00. The van der Waals surface area contributed by atoms with Gasteiger partial charge in [-0.3, -0.25) is 9.79 Å². The SMILES string of the molecule is Cc1ccc(C2=NC3(CCN(S(=O)(=O)c4ccc(F)c(F)c4)CC3)NC2=O)cc1. The van der Waals surface area contributed by atoms with E-state index in [1.54, 1.807) is 0 Å². The summed E-state index contributed by atoms with van der Waals surface area (Å²) in [5.74, 6) is -2.60. The van der Waals surface area contributed by atoms with Gasteiger partial charge in [0.1, 0.15) is 11.4 Å². The molecule has 0 atom stereocenters. The summed E-state index contributed by atoms with van der Waals surface area (Å²) in [7, 11) is -3.97. The van der Waals surface area contributed by atoms with E-state index in [9.17, 15) is 22.0 Å². The van der Waals surface area contributed by atoms with Crippen molar-refractivity contribution in [1.82, 2.24) is 9.62 Å². The van der Waals surface area contributed by atoms with E-state index >= 15 is 0 Å². The highest BCUT2D eigenvalue weighted by Gasteiger charge is 2.44.